The fourth-order valence-corrected chi connectivity index (χ4v) is 3.38. The number of carbonyl (C=O) groups excluding carboxylic acids is 1. The van der Waals surface area contributed by atoms with E-state index in [-0.39, 0.29) is 5.91 Å². The van der Waals surface area contributed by atoms with Crippen molar-refractivity contribution in [3.05, 3.63) is 70.3 Å². The monoisotopic (exact) mass is 396 g/mol. The minimum atomic E-state index is -0.294. The molecule has 4 aromatic rings. The van der Waals surface area contributed by atoms with Crippen LogP contribution in [-0.4, -0.2) is 21.0 Å². The number of nitrogens with zero attached hydrogens (tertiary/aromatic N) is 3. The highest BCUT2D eigenvalue weighted by atomic mass is 35.5. The third-order valence-corrected chi connectivity index (χ3v) is 4.93. The Bertz CT molecular complexity index is 1100. The third-order valence-electron chi connectivity index (χ3n) is 3.80. The summed E-state index contributed by atoms with van der Waals surface area (Å²) in [4.78, 5) is 21.5. The first-order valence-corrected chi connectivity index (χ1v) is 9.27. The molecule has 0 aliphatic carbocycles. The van der Waals surface area contributed by atoms with E-state index in [0.29, 0.717) is 33.0 Å². The second-order valence-electron chi connectivity index (χ2n) is 5.78. The standard InChI is InChI=1S/C19H13ClN4O2S/c1-11-3-2-4-12(9-11)17-23-19(26-24-17)16-14(7-8-27-16)22-18(25)13-5-6-15(20)21-10-13/h2-10H,1H3,(H,22,25). The number of hydrogen-bond acceptors (Lipinski definition) is 6. The summed E-state index contributed by atoms with van der Waals surface area (Å²) < 4.78 is 5.42. The Balaban J connectivity index is 1.59. The number of halogens is 1. The van der Waals surface area contributed by atoms with E-state index in [0.717, 1.165) is 11.1 Å². The largest absolute Gasteiger partial charge is 0.333 e. The van der Waals surface area contributed by atoms with Gasteiger partial charge in [0.15, 0.2) is 0 Å². The minimum absolute atomic E-state index is 0.294. The van der Waals surface area contributed by atoms with Crippen LogP contribution in [0.3, 0.4) is 0 Å². The second-order valence-corrected chi connectivity index (χ2v) is 7.08. The predicted molar refractivity (Wildman–Crippen MR) is 105 cm³/mol. The Kier molecular flexibility index (Phi) is 4.70. The van der Waals surface area contributed by atoms with Crippen LogP contribution in [0.5, 0.6) is 0 Å². The summed E-state index contributed by atoms with van der Waals surface area (Å²) >= 11 is 7.16. The van der Waals surface area contributed by atoms with Crippen molar-refractivity contribution in [2.45, 2.75) is 6.92 Å². The van der Waals surface area contributed by atoms with Gasteiger partial charge in [0, 0.05) is 11.8 Å². The van der Waals surface area contributed by atoms with Crippen molar-refractivity contribution >= 4 is 34.5 Å². The predicted octanol–water partition coefficient (Wildman–Crippen LogP) is 5.07. The van der Waals surface area contributed by atoms with Gasteiger partial charge in [0.05, 0.1) is 11.3 Å². The maximum Gasteiger partial charge on any atom is 0.270 e. The molecule has 8 heteroatoms. The Hall–Kier alpha value is -3.03. The number of aromatic nitrogens is 3. The third kappa shape index (κ3) is 3.74. The van der Waals surface area contributed by atoms with Crippen molar-refractivity contribution in [2.75, 3.05) is 5.32 Å². The van der Waals surface area contributed by atoms with Crippen LogP contribution in [0, 0.1) is 6.92 Å². The number of aryl methyl sites for hydroxylation is 1. The van der Waals surface area contributed by atoms with E-state index in [1.165, 1.54) is 17.5 Å². The molecular weight excluding hydrogens is 384 g/mol. The Morgan fingerprint density at radius 1 is 1.22 bits per heavy atom. The van der Waals surface area contributed by atoms with Crippen molar-refractivity contribution < 1.29 is 9.32 Å². The molecule has 134 valence electrons. The van der Waals surface area contributed by atoms with E-state index in [1.807, 2.05) is 36.6 Å². The average molecular weight is 397 g/mol. The summed E-state index contributed by atoms with van der Waals surface area (Å²) in [6.07, 6.45) is 1.42. The number of pyridine rings is 1. The van der Waals surface area contributed by atoms with Gasteiger partial charge in [-0.25, -0.2) is 4.98 Å². The van der Waals surface area contributed by atoms with Gasteiger partial charge in [-0.05, 0) is 36.6 Å². The number of rotatable bonds is 4. The van der Waals surface area contributed by atoms with Gasteiger partial charge in [-0.2, -0.15) is 4.98 Å². The van der Waals surface area contributed by atoms with Crippen LogP contribution >= 0.6 is 22.9 Å². The SMILES string of the molecule is Cc1cccc(-c2noc(-c3sccc3NC(=O)c3ccc(Cl)nc3)n2)c1. The molecule has 0 bridgehead atoms. The van der Waals surface area contributed by atoms with Gasteiger partial charge in [-0.1, -0.05) is 40.5 Å². The number of amides is 1. The molecule has 4 rings (SSSR count). The molecule has 0 saturated carbocycles. The van der Waals surface area contributed by atoms with E-state index in [9.17, 15) is 4.79 Å². The van der Waals surface area contributed by atoms with Crippen LogP contribution in [-0.2, 0) is 0 Å². The first-order valence-electron chi connectivity index (χ1n) is 8.01. The van der Waals surface area contributed by atoms with Gasteiger partial charge in [-0.3, -0.25) is 4.79 Å². The van der Waals surface area contributed by atoms with Crippen molar-refractivity contribution in [1.82, 2.24) is 15.1 Å². The first kappa shape index (κ1) is 17.4. The van der Waals surface area contributed by atoms with Crippen LogP contribution in [0.4, 0.5) is 5.69 Å². The molecule has 0 saturated heterocycles. The summed E-state index contributed by atoms with van der Waals surface area (Å²) in [5.74, 6) is 0.560. The van der Waals surface area contributed by atoms with E-state index in [2.05, 4.69) is 20.4 Å². The molecule has 6 nitrogen and oxygen atoms in total. The number of benzene rings is 1. The summed E-state index contributed by atoms with van der Waals surface area (Å²) in [5.41, 5.74) is 2.99. The maximum absolute atomic E-state index is 12.4. The quantitative estimate of drug-likeness (QED) is 0.487. The molecule has 0 spiro atoms. The van der Waals surface area contributed by atoms with Crippen LogP contribution < -0.4 is 5.32 Å². The summed E-state index contributed by atoms with van der Waals surface area (Å²) in [7, 11) is 0. The first-order chi connectivity index (χ1) is 13.1. The van der Waals surface area contributed by atoms with Gasteiger partial charge in [0.2, 0.25) is 5.82 Å². The van der Waals surface area contributed by atoms with Gasteiger partial charge >= 0.3 is 0 Å². The van der Waals surface area contributed by atoms with Crippen LogP contribution in [0.2, 0.25) is 5.15 Å². The van der Waals surface area contributed by atoms with E-state index in [4.69, 9.17) is 16.1 Å². The summed E-state index contributed by atoms with van der Waals surface area (Å²) in [6, 6.07) is 12.8. The van der Waals surface area contributed by atoms with E-state index < -0.39 is 0 Å². The number of thiophene rings is 1. The number of nitrogens with one attached hydrogen (secondary N) is 1. The number of hydrogen-bond donors (Lipinski definition) is 1. The topological polar surface area (TPSA) is 80.9 Å². The molecule has 0 radical (unpaired) electrons. The van der Waals surface area contributed by atoms with Crippen LogP contribution in [0.1, 0.15) is 15.9 Å². The maximum atomic E-state index is 12.4. The lowest BCUT2D eigenvalue weighted by molar-refractivity contribution is 0.102. The molecule has 0 fully saturated rings. The fourth-order valence-electron chi connectivity index (χ4n) is 2.50. The van der Waals surface area contributed by atoms with Crippen LogP contribution in [0.15, 0.2) is 58.6 Å². The molecule has 3 aromatic heterocycles. The Morgan fingerprint density at radius 2 is 2.11 bits per heavy atom. The summed E-state index contributed by atoms with van der Waals surface area (Å²) in [5, 5.41) is 9.08. The summed E-state index contributed by atoms with van der Waals surface area (Å²) in [6.45, 7) is 2.00. The van der Waals surface area contributed by atoms with E-state index >= 15 is 0 Å². The normalized spacial score (nSPS) is 10.7. The highest BCUT2D eigenvalue weighted by molar-refractivity contribution is 7.14. The molecule has 27 heavy (non-hydrogen) atoms. The molecule has 0 unspecified atom stereocenters. The second kappa shape index (κ2) is 7.30. The van der Waals surface area contributed by atoms with Gasteiger partial charge in [0.1, 0.15) is 10.0 Å². The molecule has 1 amide bonds. The zero-order valence-electron chi connectivity index (χ0n) is 14.1. The molecule has 1 N–H and O–H groups in total. The zero-order valence-corrected chi connectivity index (χ0v) is 15.7. The molecule has 0 aliphatic heterocycles. The molecule has 1 aromatic carbocycles. The van der Waals surface area contributed by atoms with Crippen LogP contribution in [0.25, 0.3) is 22.2 Å². The average Bonchev–Trinajstić information content (AvgIpc) is 3.31. The molecule has 0 aliphatic rings. The van der Waals surface area contributed by atoms with Crippen molar-refractivity contribution in [3.63, 3.8) is 0 Å². The smallest absolute Gasteiger partial charge is 0.270 e. The molecular formula is C19H13ClN4O2S. The van der Waals surface area contributed by atoms with Crippen molar-refractivity contribution in [2.24, 2.45) is 0 Å². The molecule has 3 heterocycles. The fraction of sp³-hybridized carbons (Fsp3) is 0.0526. The van der Waals surface area contributed by atoms with Crippen molar-refractivity contribution in [1.29, 1.82) is 0 Å². The lowest BCUT2D eigenvalue weighted by atomic mass is 10.1. The Morgan fingerprint density at radius 3 is 2.89 bits per heavy atom. The highest BCUT2D eigenvalue weighted by Crippen LogP contribution is 2.34. The Labute approximate surface area is 163 Å². The van der Waals surface area contributed by atoms with Gasteiger partial charge in [0.25, 0.3) is 11.8 Å². The zero-order chi connectivity index (χ0) is 18.8. The molecule has 0 atom stereocenters. The van der Waals surface area contributed by atoms with Gasteiger partial charge < -0.3 is 9.84 Å². The highest BCUT2D eigenvalue weighted by Gasteiger charge is 2.18. The van der Waals surface area contributed by atoms with E-state index in [1.54, 1.807) is 18.2 Å². The lowest BCUT2D eigenvalue weighted by Crippen LogP contribution is -2.12. The lowest BCUT2D eigenvalue weighted by Gasteiger charge is -2.04. The van der Waals surface area contributed by atoms with Crippen molar-refractivity contribution in [3.8, 4) is 22.2 Å². The van der Waals surface area contributed by atoms with Gasteiger partial charge in [-0.15, -0.1) is 11.3 Å². The number of carbonyl (C=O) groups is 1. The number of anilines is 1. The minimum Gasteiger partial charge on any atom is -0.333 e.